The first-order valence-electron chi connectivity index (χ1n) is 12.1. The van der Waals surface area contributed by atoms with Crippen LogP contribution in [0.1, 0.15) is 17.0 Å². The molecule has 1 N–H and O–H groups in total. The van der Waals surface area contributed by atoms with E-state index in [2.05, 4.69) is 40.1 Å². The molecule has 0 saturated carbocycles. The largest absolute Gasteiger partial charge is 0.493 e. The molecule has 0 radical (unpaired) electrons. The smallest absolute Gasteiger partial charge is 0.254 e. The van der Waals surface area contributed by atoms with Gasteiger partial charge in [0.15, 0.2) is 18.1 Å². The van der Waals surface area contributed by atoms with E-state index < -0.39 is 0 Å². The molecular weight excluding hydrogens is 484 g/mol. The fourth-order valence-electron chi connectivity index (χ4n) is 5.00. The van der Waals surface area contributed by atoms with Crippen LogP contribution in [0.2, 0.25) is 0 Å². The Morgan fingerprint density at radius 1 is 0.842 bits per heavy atom. The molecule has 9 nitrogen and oxygen atoms in total. The van der Waals surface area contributed by atoms with E-state index in [0.717, 1.165) is 21.8 Å². The first-order chi connectivity index (χ1) is 18.5. The van der Waals surface area contributed by atoms with Gasteiger partial charge in [0, 0.05) is 39.6 Å². The Morgan fingerprint density at radius 3 is 2.37 bits per heavy atom. The third-order valence-electron chi connectivity index (χ3n) is 6.89. The van der Waals surface area contributed by atoms with Crippen molar-refractivity contribution in [3.05, 3.63) is 65.8 Å². The van der Waals surface area contributed by atoms with E-state index in [1.165, 1.54) is 21.9 Å². The van der Waals surface area contributed by atoms with Crippen molar-refractivity contribution in [2.24, 2.45) is 0 Å². The Kier molecular flexibility index (Phi) is 5.75. The number of ether oxygens (including phenoxy) is 4. The molecule has 9 heteroatoms. The van der Waals surface area contributed by atoms with Crippen LogP contribution in [0.15, 0.2) is 53.2 Å². The number of aryl methyl sites for hydroxylation is 2. The van der Waals surface area contributed by atoms with Gasteiger partial charge < -0.3 is 28.3 Å². The van der Waals surface area contributed by atoms with Crippen LogP contribution in [-0.4, -0.2) is 41.5 Å². The van der Waals surface area contributed by atoms with Crippen molar-refractivity contribution < 1.29 is 23.4 Å². The number of hydrogen-bond donors (Lipinski definition) is 1. The molecule has 0 aliphatic carbocycles. The molecule has 0 amide bonds. The molecule has 0 unspecified atom stereocenters. The van der Waals surface area contributed by atoms with Gasteiger partial charge in [-0.15, -0.1) is 10.2 Å². The Morgan fingerprint density at radius 2 is 1.63 bits per heavy atom. The predicted molar refractivity (Wildman–Crippen MR) is 144 cm³/mol. The van der Waals surface area contributed by atoms with E-state index in [1.807, 2.05) is 30.6 Å². The van der Waals surface area contributed by atoms with Crippen LogP contribution in [-0.2, 0) is 6.61 Å². The minimum Gasteiger partial charge on any atom is -0.493 e. The topological polar surface area (TPSA) is 105 Å². The molecule has 0 atom stereocenters. The predicted octanol–water partition coefficient (Wildman–Crippen LogP) is 6.14. The van der Waals surface area contributed by atoms with Crippen LogP contribution in [0.5, 0.6) is 23.0 Å². The van der Waals surface area contributed by atoms with Gasteiger partial charge in [-0.05, 0) is 66.8 Å². The molecule has 3 aromatic carbocycles. The van der Waals surface area contributed by atoms with Crippen LogP contribution in [0.3, 0.4) is 0 Å². The minimum atomic E-state index is 0.121. The van der Waals surface area contributed by atoms with Crippen molar-refractivity contribution in [3.63, 3.8) is 0 Å². The summed E-state index contributed by atoms with van der Waals surface area (Å²) in [5.74, 6) is 2.86. The molecule has 3 aromatic heterocycles. The second kappa shape index (κ2) is 9.26. The van der Waals surface area contributed by atoms with Gasteiger partial charge in [-0.2, -0.15) is 0 Å². The molecule has 0 bridgehead atoms. The van der Waals surface area contributed by atoms with E-state index in [-0.39, 0.29) is 6.61 Å². The molecule has 3 heterocycles. The number of aromatic nitrogens is 4. The highest BCUT2D eigenvalue weighted by atomic mass is 16.5. The Bertz CT molecular complexity index is 1800. The number of H-pyrrole nitrogens is 1. The van der Waals surface area contributed by atoms with Gasteiger partial charge in [-0.25, -0.2) is 0 Å². The number of aromatic amines is 1. The summed E-state index contributed by atoms with van der Waals surface area (Å²) in [4.78, 5) is 7.92. The van der Waals surface area contributed by atoms with E-state index in [4.69, 9.17) is 23.4 Å². The second-order valence-corrected chi connectivity index (χ2v) is 8.96. The van der Waals surface area contributed by atoms with Crippen molar-refractivity contribution in [2.75, 3.05) is 21.3 Å². The van der Waals surface area contributed by atoms with Gasteiger partial charge in [-0.1, -0.05) is 0 Å². The maximum absolute atomic E-state index is 6.06. The zero-order valence-corrected chi connectivity index (χ0v) is 21.7. The zero-order valence-electron chi connectivity index (χ0n) is 21.7. The van der Waals surface area contributed by atoms with Gasteiger partial charge in [0.05, 0.1) is 26.8 Å². The summed E-state index contributed by atoms with van der Waals surface area (Å²) in [6, 6.07) is 11.6. The van der Waals surface area contributed by atoms with Crippen molar-refractivity contribution >= 4 is 32.6 Å². The monoisotopic (exact) mass is 510 g/mol. The Hall–Kier alpha value is -4.79. The Labute approximate surface area is 218 Å². The first-order valence-corrected chi connectivity index (χ1v) is 12.1. The molecular formula is C29H26N4O5. The molecule has 38 heavy (non-hydrogen) atoms. The van der Waals surface area contributed by atoms with Crippen LogP contribution in [0.4, 0.5) is 0 Å². The lowest BCUT2D eigenvalue weighted by Gasteiger charge is -2.12. The first kappa shape index (κ1) is 23.6. The number of nitrogens with zero attached hydrogens (tertiary/aromatic N) is 3. The number of rotatable bonds is 7. The normalized spacial score (nSPS) is 11.4. The van der Waals surface area contributed by atoms with Crippen LogP contribution < -0.4 is 18.9 Å². The molecule has 0 spiro atoms. The lowest BCUT2D eigenvalue weighted by Crippen LogP contribution is -1.96. The molecule has 6 rings (SSSR count). The highest BCUT2D eigenvalue weighted by molar-refractivity contribution is 6.16. The summed E-state index contributed by atoms with van der Waals surface area (Å²) in [6.45, 7) is 4.39. The molecule has 0 aliphatic heterocycles. The summed E-state index contributed by atoms with van der Waals surface area (Å²) in [5, 5.41) is 12.9. The van der Waals surface area contributed by atoms with E-state index in [0.29, 0.717) is 40.3 Å². The third kappa shape index (κ3) is 3.75. The summed E-state index contributed by atoms with van der Waals surface area (Å²) in [7, 11) is 4.67. The lowest BCUT2D eigenvalue weighted by atomic mass is 9.97. The Balaban J connectivity index is 1.30. The zero-order chi connectivity index (χ0) is 26.4. The molecule has 0 saturated heterocycles. The maximum Gasteiger partial charge on any atom is 0.254 e. The second-order valence-electron chi connectivity index (χ2n) is 8.96. The molecule has 0 aliphatic rings. The van der Waals surface area contributed by atoms with Crippen molar-refractivity contribution in [3.8, 4) is 34.5 Å². The minimum absolute atomic E-state index is 0.121. The van der Waals surface area contributed by atoms with Gasteiger partial charge >= 0.3 is 0 Å². The summed E-state index contributed by atoms with van der Waals surface area (Å²) >= 11 is 0. The molecule has 0 fully saturated rings. The maximum atomic E-state index is 6.06. The number of fused-ring (bicyclic) bond motifs is 4. The standard InChI is InChI=1S/C29H26N4O5/c1-15-21-13-30-9-8-19(21)16(2)27-26(15)20-12-18(6-7-22(20)31-27)37-14-25-32-33-29(38-25)17-10-23(34-3)28(36-5)24(11-17)35-4/h6-13,31H,14H2,1-5H3. The average molecular weight is 511 g/mol. The molecule has 6 aromatic rings. The number of nitrogens with one attached hydrogen (secondary N) is 1. The van der Waals surface area contributed by atoms with Gasteiger partial charge in [0.2, 0.25) is 11.6 Å². The van der Waals surface area contributed by atoms with Crippen molar-refractivity contribution in [1.82, 2.24) is 20.2 Å². The van der Waals surface area contributed by atoms with Crippen molar-refractivity contribution in [2.45, 2.75) is 20.5 Å². The number of benzene rings is 3. The quantitative estimate of drug-likeness (QED) is 0.273. The highest BCUT2D eigenvalue weighted by Crippen LogP contribution is 2.41. The fraction of sp³-hybridized carbons (Fsp3) is 0.207. The number of methoxy groups -OCH3 is 3. The number of pyridine rings is 1. The van der Waals surface area contributed by atoms with Gasteiger partial charge in [0.25, 0.3) is 5.89 Å². The van der Waals surface area contributed by atoms with E-state index in [9.17, 15) is 0 Å². The van der Waals surface area contributed by atoms with Crippen LogP contribution in [0, 0.1) is 13.8 Å². The SMILES string of the molecule is COc1cc(-c2nnc(COc3ccc4[nH]c5c(C)c6ccncc6c(C)c5c4c3)o2)cc(OC)c1OC. The van der Waals surface area contributed by atoms with Gasteiger partial charge in [-0.3, -0.25) is 4.98 Å². The lowest BCUT2D eigenvalue weighted by molar-refractivity contribution is 0.265. The fourth-order valence-corrected chi connectivity index (χ4v) is 5.00. The van der Waals surface area contributed by atoms with Gasteiger partial charge in [0.1, 0.15) is 5.75 Å². The highest BCUT2D eigenvalue weighted by Gasteiger charge is 2.18. The van der Waals surface area contributed by atoms with Crippen molar-refractivity contribution in [1.29, 1.82) is 0 Å². The number of hydrogen-bond acceptors (Lipinski definition) is 8. The summed E-state index contributed by atoms with van der Waals surface area (Å²) in [6.07, 6.45) is 3.76. The summed E-state index contributed by atoms with van der Waals surface area (Å²) < 4.78 is 28.2. The summed E-state index contributed by atoms with van der Waals surface area (Å²) in [5.41, 5.74) is 5.20. The molecule has 192 valence electrons. The van der Waals surface area contributed by atoms with Crippen LogP contribution in [0.25, 0.3) is 44.0 Å². The van der Waals surface area contributed by atoms with E-state index >= 15 is 0 Å². The van der Waals surface area contributed by atoms with E-state index in [1.54, 1.807) is 33.5 Å². The average Bonchev–Trinajstić information content (AvgIpc) is 3.59. The third-order valence-corrected chi connectivity index (χ3v) is 6.89. The van der Waals surface area contributed by atoms with Crippen LogP contribution >= 0.6 is 0 Å².